The second-order valence-electron chi connectivity index (χ2n) is 27.2. The largest absolute Gasteiger partial charge is 0.481 e. The van der Waals surface area contributed by atoms with Crippen molar-refractivity contribution in [2.75, 3.05) is 21.3 Å². The van der Waals surface area contributed by atoms with Gasteiger partial charge < -0.3 is 62.9 Å². The van der Waals surface area contributed by atoms with Gasteiger partial charge in [0.05, 0.1) is 112 Å². The first-order valence-electron chi connectivity index (χ1n) is 34.5. The molecule has 0 atom stereocenters. The highest BCUT2D eigenvalue weighted by molar-refractivity contribution is 9.11. The number of aliphatic carboxylic acids is 1. The van der Waals surface area contributed by atoms with Gasteiger partial charge in [0.1, 0.15) is 16.4 Å². The molecule has 4 aliphatic carbocycles. The Morgan fingerprint density at radius 3 is 1.21 bits per heavy atom. The predicted molar refractivity (Wildman–Crippen MR) is 428 cm³/mol. The fourth-order valence-electron chi connectivity index (χ4n) is 12.2. The Hall–Kier alpha value is -9.13. The van der Waals surface area contributed by atoms with Gasteiger partial charge in [0, 0.05) is 93.7 Å². The number of hydrogen-bond donors (Lipinski definition) is 4. The molecule has 4 fully saturated rings. The van der Waals surface area contributed by atoms with E-state index in [1.807, 2.05) is 190 Å². The third kappa shape index (κ3) is 21.2. The van der Waals surface area contributed by atoms with Gasteiger partial charge in [-0.15, -0.1) is 0 Å². The minimum Gasteiger partial charge on any atom is -0.481 e. The number of H-pyrrole nitrogens is 1. The van der Waals surface area contributed by atoms with E-state index in [9.17, 15) is 29.1 Å². The van der Waals surface area contributed by atoms with Crippen molar-refractivity contribution in [2.24, 2.45) is 5.73 Å². The van der Waals surface area contributed by atoms with Gasteiger partial charge in [-0.25, -0.2) is 34.7 Å². The number of nitrogens with zero attached hydrogens (tertiary/aromatic N) is 11. The Kier molecular flexibility index (Phi) is 28.7. The van der Waals surface area contributed by atoms with Crippen LogP contribution in [0.3, 0.4) is 0 Å². The molecule has 0 radical (unpaired) electrons. The Morgan fingerprint density at radius 1 is 0.500 bits per heavy atom. The first kappa shape index (κ1) is 82.9. The van der Waals surface area contributed by atoms with Gasteiger partial charge in [0.25, 0.3) is 0 Å². The molecule has 15 rings (SSSR count). The maximum atomic E-state index is 12.2. The van der Waals surface area contributed by atoms with Crippen LogP contribution in [0, 0.1) is 0 Å². The Balaban J connectivity index is 0.000000151. The smallest absolute Gasteiger partial charge is 0.408 e. The summed E-state index contributed by atoms with van der Waals surface area (Å²) in [6.45, 7) is 5.59. The van der Waals surface area contributed by atoms with Gasteiger partial charge >= 0.3 is 30.0 Å². The number of rotatable bonds is 16. The fraction of sp³-hybridized carbons (Fsp3) is 0.329. The fourth-order valence-corrected chi connectivity index (χ4v) is 14.1. The number of carbonyl (C=O) groups excluding carboxylic acids is 4. The van der Waals surface area contributed by atoms with Crippen LogP contribution in [0.4, 0.5) is 4.79 Å². The number of aromatic nitrogens is 12. The number of esters is 3. The van der Waals surface area contributed by atoms with Gasteiger partial charge in [-0.1, -0.05) is 130 Å². The number of nitrogens with two attached hydrogens (primary N) is 1. The van der Waals surface area contributed by atoms with Crippen LogP contribution in [-0.4, -0.2) is 120 Å². The summed E-state index contributed by atoms with van der Waals surface area (Å²) < 4.78 is 34.1. The lowest BCUT2D eigenvalue weighted by Crippen LogP contribution is -2.52. The lowest BCUT2D eigenvalue weighted by molar-refractivity contribution is -0.151. The van der Waals surface area contributed by atoms with Crippen LogP contribution >= 0.6 is 79.6 Å². The van der Waals surface area contributed by atoms with Crippen molar-refractivity contribution < 1.29 is 48.0 Å². The van der Waals surface area contributed by atoms with Crippen LogP contribution in [-0.2, 0) is 72.9 Å². The van der Waals surface area contributed by atoms with Crippen LogP contribution in [0.25, 0.3) is 28.4 Å². The van der Waals surface area contributed by atoms with E-state index in [4.69, 9.17) is 15.2 Å². The van der Waals surface area contributed by atoms with Crippen LogP contribution < -0.4 is 11.1 Å². The Morgan fingerprint density at radius 2 is 0.870 bits per heavy atom. The van der Waals surface area contributed by atoms with E-state index in [0.29, 0.717) is 24.2 Å². The van der Waals surface area contributed by atoms with E-state index in [1.165, 1.54) is 34.1 Å². The number of ether oxygens (including phenoxy) is 4. The zero-order valence-electron chi connectivity index (χ0n) is 59.9. The first-order chi connectivity index (χ1) is 51.2. The third-order valence-electron chi connectivity index (χ3n) is 18.7. The van der Waals surface area contributed by atoms with E-state index < -0.39 is 27.9 Å². The number of benzene rings is 5. The third-order valence-corrected chi connectivity index (χ3v) is 21.2. The molecule has 0 aliphatic heterocycles. The molecule has 0 saturated heterocycles. The molecule has 108 heavy (non-hydrogen) atoms. The molecule has 568 valence electrons. The lowest BCUT2D eigenvalue weighted by Gasteiger charge is -2.41. The summed E-state index contributed by atoms with van der Waals surface area (Å²) in [6.07, 6.45) is 32.6. The number of aromatic amines is 1. The second kappa shape index (κ2) is 37.3. The summed E-state index contributed by atoms with van der Waals surface area (Å²) in [6, 6.07) is 39.8. The number of halogens is 5. The molecule has 5 N–H and O–H groups in total. The van der Waals surface area contributed by atoms with Gasteiger partial charge in [-0.3, -0.25) is 19.2 Å². The first-order valence-corrected chi connectivity index (χ1v) is 38.4. The van der Waals surface area contributed by atoms with Crippen LogP contribution in [0.1, 0.15) is 139 Å². The molecule has 4 saturated carbocycles. The van der Waals surface area contributed by atoms with Crippen LogP contribution in [0.2, 0.25) is 0 Å². The summed E-state index contributed by atoms with van der Waals surface area (Å²) in [5.41, 5.74) is 13.7. The highest BCUT2D eigenvalue weighted by Gasteiger charge is 2.50. The number of nitrogens with one attached hydrogen (secondary N) is 2. The minimum atomic E-state index is -0.767. The van der Waals surface area contributed by atoms with Crippen molar-refractivity contribution in [3.05, 3.63) is 253 Å². The number of hydrogen-bond acceptors (Lipinski definition) is 16. The van der Waals surface area contributed by atoms with Crippen LogP contribution in [0.5, 0.6) is 0 Å². The van der Waals surface area contributed by atoms with Crippen molar-refractivity contribution in [3.8, 4) is 28.4 Å². The summed E-state index contributed by atoms with van der Waals surface area (Å²) in [7, 11) is 4.17. The maximum Gasteiger partial charge on any atom is 0.408 e. The SMILES string of the molecule is C.CC(C)(C)OC(=O)NC1(c2cn(-c3cccc(Br)c3)cn2)CCC1.COC(=O)C1(c2cn(-c3cccc(Br)c3)cn2)CCC1.COC(=O)Cc1cn(-c2cccc(Br)c2)cn1.COC(=O)Cc1cnc[nH]1.NC1(c2cn(-c3cccc(Br)c3)cn2)CCC1.O=C(O)C1(c2cn(-c3cccc(Br)c3)cn2)CCC1. The van der Waals surface area contributed by atoms with Crippen molar-refractivity contribution in [2.45, 2.75) is 146 Å². The van der Waals surface area contributed by atoms with Crippen LogP contribution in [0.15, 0.2) is 219 Å². The normalized spacial score (nSPS) is 14.9. The molecule has 0 unspecified atom stereocenters. The number of alkyl carbamates (subject to hydrolysis) is 1. The number of amides is 1. The Bertz CT molecular complexity index is 4830. The molecule has 6 heterocycles. The van der Waals surface area contributed by atoms with E-state index in [-0.39, 0.29) is 49.8 Å². The predicted octanol–water partition coefficient (Wildman–Crippen LogP) is 17.0. The summed E-state index contributed by atoms with van der Waals surface area (Å²) in [5, 5.41) is 12.4. The van der Waals surface area contributed by atoms with Crippen molar-refractivity contribution in [1.29, 1.82) is 0 Å². The number of methoxy groups -OCH3 is 3. The van der Waals surface area contributed by atoms with E-state index in [0.717, 1.165) is 131 Å². The molecule has 24 nitrogen and oxygen atoms in total. The molecular formula is C79H87Br5N14O10. The maximum absolute atomic E-state index is 12.2. The average molecular weight is 1790 g/mol. The zero-order chi connectivity index (χ0) is 76.5. The molecule has 11 aromatic rings. The molecule has 4 aliphatic rings. The molecule has 0 bridgehead atoms. The lowest BCUT2D eigenvalue weighted by atomic mass is 9.67. The quantitative estimate of drug-likeness (QED) is 0.0516. The summed E-state index contributed by atoms with van der Waals surface area (Å²) >= 11 is 17.2. The van der Waals surface area contributed by atoms with E-state index in [1.54, 1.807) is 31.5 Å². The standard InChI is InChI=1S/C18H22BrN3O2.C15H15BrN2O2.C14H13BrN2O2.C13H14BrN3.C12H11BrN2O2.C6H8N2O2.CH4/c1-17(2,3)24-16(23)21-18(8-5-9-18)15-11-22(12-20-15)14-7-4-6-13(19)10-14;1-20-14(19)15(6-3-7-15)13-9-18(10-17-13)12-5-2-4-11(16)8-12;15-10-3-1-4-11(7-10)17-8-12(16-9-17)14(13(18)19)5-2-6-14;14-10-3-1-4-11(7-10)17-8-12(16-9-17)13(15)5-2-6-13;1-17-12(16)6-10-7-15(8-14-10)11-4-2-3-9(13)5-11;1-10-6(9)2-5-3-7-4-8-5;/h4,6-7,10-12H,5,8-9H2,1-3H3,(H,21,23);2,4-5,8-10H,3,6-7H2,1H3;1,3-4,7-9H,2,5-6H2,(H,18,19);1,3-4,7-9H,2,5-6,15H2;2-5,7-8H,6H2,1H3;3-4H,2H2,1H3,(H,7,8);1H4. The van der Waals surface area contributed by atoms with Crippen molar-refractivity contribution in [1.82, 2.24) is 63.0 Å². The Labute approximate surface area is 669 Å². The average Bonchev–Trinajstić information content (AvgIpc) is 1.62. The molecular weight excluding hydrogens is 1700 g/mol. The molecule has 1 amide bonds. The highest BCUT2D eigenvalue weighted by atomic mass is 79.9. The number of imidazole rings is 6. The number of carboxylic acids is 1. The highest BCUT2D eigenvalue weighted by Crippen LogP contribution is 2.46. The van der Waals surface area contributed by atoms with Crippen molar-refractivity contribution >= 4 is 110 Å². The van der Waals surface area contributed by atoms with Gasteiger partial charge in [-0.2, -0.15) is 0 Å². The minimum absolute atomic E-state index is 0. The zero-order valence-corrected chi connectivity index (χ0v) is 67.8. The number of carbonyl (C=O) groups is 5. The summed E-state index contributed by atoms with van der Waals surface area (Å²) in [4.78, 5) is 85.8. The molecule has 0 spiro atoms. The van der Waals surface area contributed by atoms with Gasteiger partial charge in [-0.05, 0) is 176 Å². The second-order valence-corrected chi connectivity index (χ2v) is 31.7. The topological polar surface area (TPSA) is 298 Å². The van der Waals surface area contributed by atoms with Crippen molar-refractivity contribution in [3.63, 3.8) is 0 Å². The van der Waals surface area contributed by atoms with E-state index >= 15 is 0 Å². The van der Waals surface area contributed by atoms with Gasteiger partial charge in [0.15, 0.2) is 0 Å². The molecule has 5 aromatic carbocycles. The summed E-state index contributed by atoms with van der Waals surface area (Å²) in [5.74, 6) is -1.49. The molecule has 29 heteroatoms. The monoisotopic (exact) mass is 1790 g/mol. The molecule has 6 aromatic heterocycles. The van der Waals surface area contributed by atoms with E-state index in [2.05, 4.69) is 141 Å². The number of carboxylic acid groups (broad SMARTS) is 1. The van der Waals surface area contributed by atoms with Gasteiger partial charge in [0.2, 0.25) is 0 Å².